The van der Waals surface area contributed by atoms with Gasteiger partial charge in [-0.05, 0) is 62.0 Å². The SMILES string of the molecule is O=C(CC1CCN(Cc2ccccc2Cl)CC1)Nc1nnc(N[C@@H]2CCN(c3cccnn3)C2)s1. The molecule has 2 aromatic heterocycles. The summed E-state index contributed by atoms with van der Waals surface area (Å²) in [6, 6.07) is 12.1. The van der Waals surface area contributed by atoms with Crippen LogP contribution in [-0.4, -0.2) is 63.4 Å². The van der Waals surface area contributed by atoms with E-state index in [1.807, 2.05) is 30.3 Å². The molecule has 0 radical (unpaired) electrons. The Morgan fingerprint density at radius 3 is 2.66 bits per heavy atom. The highest BCUT2D eigenvalue weighted by atomic mass is 35.5. The molecule has 2 saturated heterocycles. The van der Waals surface area contributed by atoms with E-state index in [9.17, 15) is 4.79 Å². The number of anilines is 3. The summed E-state index contributed by atoms with van der Waals surface area (Å²) in [7, 11) is 0. The van der Waals surface area contributed by atoms with Crippen molar-refractivity contribution in [2.24, 2.45) is 5.92 Å². The van der Waals surface area contributed by atoms with Crippen LogP contribution in [0, 0.1) is 5.92 Å². The van der Waals surface area contributed by atoms with Gasteiger partial charge >= 0.3 is 0 Å². The van der Waals surface area contributed by atoms with Crippen LogP contribution < -0.4 is 15.5 Å². The number of hydrogen-bond donors (Lipinski definition) is 2. The van der Waals surface area contributed by atoms with Crippen molar-refractivity contribution >= 4 is 44.9 Å². The second kappa shape index (κ2) is 11.3. The van der Waals surface area contributed by atoms with Crippen LogP contribution in [0.4, 0.5) is 16.1 Å². The Kier molecular flexibility index (Phi) is 7.70. The third-order valence-electron chi connectivity index (χ3n) is 6.60. The van der Waals surface area contributed by atoms with E-state index < -0.39 is 0 Å². The molecule has 0 bridgehead atoms. The molecule has 35 heavy (non-hydrogen) atoms. The van der Waals surface area contributed by atoms with E-state index in [1.54, 1.807) is 6.20 Å². The molecule has 2 N–H and O–H groups in total. The Balaban J connectivity index is 1.04. The van der Waals surface area contributed by atoms with E-state index in [1.165, 1.54) is 11.3 Å². The molecule has 0 saturated carbocycles. The molecule has 184 valence electrons. The fourth-order valence-corrected chi connectivity index (χ4v) is 5.64. The van der Waals surface area contributed by atoms with Gasteiger partial charge in [0.05, 0.1) is 0 Å². The average Bonchev–Trinajstić information content (AvgIpc) is 3.52. The lowest BCUT2D eigenvalue weighted by Crippen LogP contribution is -2.34. The number of benzene rings is 1. The number of halogens is 1. The number of carbonyl (C=O) groups excluding carboxylic acids is 1. The first-order valence-corrected chi connectivity index (χ1v) is 13.2. The lowest BCUT2D eigenvalue weighted by molar-refractivity contribution is -0.117. The number of hydrogen-bond acceptors (Lipinski definition) is 9. The van der Waals surface area contributed by atoms with Gasteiger partial charge in [-0.1, -0.05) is 41.1 Å². The first-order valence-electron chi connectivity index (χ1n) is 12.0. The monoisotopic (exact) mass is 512 g/mol. The number of nitrogens with zero attached hydrogens (tertiary/aromatic N) is 6. The maximum Gasteiger partial charge on any atom is 0.226 e. The molecule has 3 aromatic rings. The van der Waals surface area contributed by atoms with Gasteiger partial charge in [0.1, 0.15) is 0 Å². The maximum absolute atomic E-state index is 12.6. The molecule has 1 atom stereocenters. The van der Waals surface area contributed by atoms with Gasteiger partial charge in [-0.25, -0.2) is 0 Å². The summed E-state index contributed by atoms with van der Waals surface area (Å²) in [4.78, 5) is 17.2. The second-order valence-corrected chi connectivity index (χ2v) is 10.5. The van der Waals surface area contributed by atoms with E-state index in [2.05, 4.69) is 46.9 Å². The lowest BCUT2D eigenvalue weighted by atomic mass is 9.93. The van der Waals surface area contributed by atoms with E-state index in [-0.39, 0.29) is 11.9 Å². The predicted molar refractivity (Wildman–Crippen MR) is 139 cm³/mol. The molecular formula is C24H29ClN8OS. The van der Waals surface area contributed by atoms with Gasteiger partial charge in [-0.15, -0.1) is 15.3 Å². The summed E-state index contributed by atoms with van der Waals surface area (Å²) in [5.74, 6) is 1.28. The number of nitrogens with one attached hydrogen (secondary N) is 2. The van der Waals surface area contributed by atoms with Crippen molar-refractivity contribution in [1.82, 2.24) is 25.3 Å². The van der Waals surface area contributed by atoms with Crippen LogP contribution in [0.25, 0.3) is 0 Å². The largest absolute Gasteiger partial charge is 0.355 e. The van der Waals surface area contributed by atoms with Crippen LogP contribution in [0.15, 0.2) is 42.6 Å². The van der Waals surface area contributed by atoms with Gasteiger partial charge in [-0.2, -0.15) is 5.10 Å². The molecule has 2 aliphatic heterocycles. The van der Waals surface area contributed by atoms with Gasteiger partial charge in [0.25, 0.3) is 0 Å². The third kappa shape index (κ3) is 6.45. The fraction of sp³-hybridized carbons (Fsp3) is 0.458. The summed E-state index contributed by atoms with van der Waals surface area (Å²) in [5, 5.41) is 24.9. The van der Waals surface area contributed by atoms with Crippen LogP contribution in [0.2, 0.25) is 5.02 Å². The molecular weight excluding hydrogens is 484 g/mol. The highest BCUT2D eigenvalue weighted by Gasteiger charge is 2.25. The van der Waals surface area contributed by atoms with Crippen LogP contribution in [0.5, 0.6) is 0 Å². The summed E-state index contributed by atoms with van der Waals surface area (Å²) in [5.41, 5.74) is 1.16. The minimum absolute atomic E-state index is 0.00643. The Labute approximate surface area is 213 Å². The molecule has 1 aromatic carbocycles. The number of aromatic nitrogens is 4. The molecule has 9 nitrogen and oxygen atoms in total. The standard InChI is InChI=1S/C24H29ClN8OS/c25-20-5-2-1-4-18(20)15-32-11-7-17(8-12-32)14-22(34)28-24-31-30-23(35-24)27-19-9-13-33(16-19)21-6-3-10-26-29-21/h1-6,10,17,19H,7-9,11-16H2,(H,27,30)(H,28,31,34)/t19-/m1/s1. The van der Waals surface area contributed by atoms with Gasteiger partial charge in [0.2, 0.25) is 16.2 Å². The van der Waals surface area contributed by atoms with Gasteiger partial charge in [0.15, 0.2) is 5.82 Å². The number of amides is 1. The molecule has 0 unspecified atom stereocenters. The molecule has 2 aliphatic rings. The molecule has 0 aliphatic carbocycles. The van der Waals surface area contributed by atoms with Crippen LogP contribution in [0.1, 0.15) is 31.2 Å². The zero-order chi connectivity index (χ0) is 24.0. The normalized spacial score (nSPS) is 19.1. The van der Waals surface area contributed by atoms with Crippen molar-refractivity contribution < 1.29 is 4.79 Å². The van der Waals surface area contributed by atoms with Gasteiger partial charge in [-0.3, -0.25) is 9.69 Å². The van der Waals surface area contributed by atoms with Crippen LogP contribution in [0.3, 0.4) is 0 Å². The average molecular weight is 513 g/mol. The Morgan fingerprint density at radius 2 is 1.86 bits per heavy atom. The topological polar surface area (TPSA) is 99.2 Å². The number of likely N-dealkylation sites (tertiary alicyclic amines) is 1. The fourth-order valence-electron chi connectivity index (χ4n) is 4.70. The Hall–Kier alpha value is -2.82. The van der Waals surface area contributed by atoms with Crippen molar-refractivity contribution in [2.75, 3.05) is 41.7 Å². The zero-order valence-electron chi connectivity index (χ0n) is 19.4. The molecule has 4 heterocycles. The zero-order valence-corrected chi connectivity index (χ0v) is 21.0. The third-order valence-corrected chi connectivity index (χ3v) is 7.74. The minimum atomic E-state index is 0.00643. The summed E-state index contributed by atoms with van der Waals surface area (Å²) in [6.07, 6.45) is 5.18. The van der Waals surface area contributed by atoms with Crippen LogP contribution >= 0.6 is 22.9 Å². The van der Waals surface area contributed by atoms with Crippen molar-refractivity contribution in [3.63, 3.8) is 0 Å². The van der Waals surface area contributed by atoms with Crippen molar-refractivity contribution in [3.05, 3.63) is 53.2 Å². The smallest absolute Gasteiger partial charge is 0.226 e. The molecule has 1 amide bonds. The van der Waals surface area contributed by atoms with Crippen molar-refractivity contribution in [3.8, 4) is 0 Å². The Bertz CT molecular complexity index is 1120. The number of rotatable bonds is 8. The van der Waals surface area contributed by atoms with Crippen molar-refractivity contribution in [2.45, 2.75) is 38.3 Å². The van der Waals surface area contributed by atoms with Crippen LogP contribution in [-0.2, 0) is 11.3 Å². The Morgan fingerprint density at radius 1 is 1.03 bits per heavy atom. The molecule has 11 heteroatoms. The minimum Gasteiger partial charge on any atom is -0.355 e. The van der Waals surface area contributed by atoms with Gasteiger partial charge in [0, 0.05) is 43.3 Å². The number of piperidine rings is 1. The van der Waals surface area contributed by atoms with E-state index in [0.29, 0.717) is 17.5 Å². The summed E-state index contributed by atoms with van der Waals surface area (Å²) in [6.45, 7) is 4.55. The summed E-state index contributed by atoms with van der Waals surface area (Å²) >= 11 is 7.68. The number of carbonyl (C=O) groups is 1. The highest BCUT2D eigenvalue weighted by Crippen LogP contribution is 2.27. The van der Waals surface area contributed by atoms with E-state index in [0.717, 1.165) is 73.5 Å². The second-order valence-electron chi connectivity index (χ2n) is 9.13. The summed E-state index contributed by atoms with van der Waals surface area (Å²) < 4.78 is 0. The maximum atomic E-state index is 12.6. The molecule has 5 rings (SSSR count). The molecule has 0 spiro atoms. The highest BCUT2D eigenvalue weighted by molar-refractivity contribution is 7.19. The van der Waals surface area contributed by atoms with E-state index in [4.69, 9.17) is 11.6 Å². The molecule has 2 fully saturated rings. The van der Waals surface area contributed by atoms with E-state index >= 15 is 0 Å². The van der Waals surface area contributed by atoms with Gasteiger partial charge < -0.3 is 15.5 Å². The van der Waals surface area contributed by atoms with Crippen molar-refractivity contribution in [1.29, 1.82) is 0 Å². The first-order chi connectivity index (χ1) is 17.1. The first kappa shape index (κ1) is 23.9. The predicted octanol–water partition coefficient (Wildman–Crippen LogP) is 3.91. The lowest BCUT2D eigenvalue weighted by Gasteiger charge is -2.31. The quantitative estimate of drug-likeness (QED) is 0.468.